The van der Waals surface area contributed by atoms with Crippen LogP contribution in [0.2, 0.25) is 0 Å². The van der Waals surface area contributed by atoms with Crippen LogP contribution < -0.4 is 10.6 Å². The van der Waals surface area contributed by atoms with E-state index in [1.54, 1.807) is 0 Å². The third kappa shape index (κ3) is 2.58. The van der Waals surface area contributed by atoms with Gasteiger partial charge in [0.1, 0.15) is 6.29 Å². The quantitative estimate of drug-likeness (QED) is 0.624. The van der Waals surface area contributed by atoms with Gasteiger partial charge in [0.25, 0.3) is 0 Å². The molecule has 1 unspecified atom stereocenters. The molecule has 1 atom stereocenters. The molecule has 0 saturated carbocycles. The number of benzene rings is 1. The minimum absolute atomic E-state index is 0.0644. The van der Waals surface area contributed by atoms with E-state index in [9.17, 15) is 4.79 Å². The van der Waals surface area contributed by atoms with Gasteiger partial charge in [0.05, 0.1) is 6.04 Å². The molecule has 0 spiro atoms. The van der Waals surface area contributed by atoms with Crippen molar-refractivity contribution in [2.24, 2.45) is 0 Å². The first-order valence-electron chi connectivity index (χ1n) is 6.04. The van der Waals surface area contributed by atoms with E-state index in [2.05, 4.69) is 16.7 Å². The van der Waals surface area contributed by atoms with Crippen molar-refractivity contribution in [3.63, 3.8) is 0 Å². The van der Waals surface area contributed by atoms with Gasteiger partial charge >= 0.3 is 0 Å². The molecule has 1 aliphatic rings. The summed E-state index contributed by atoms with van der Waals surface area (Å²) in [5.41, 5.74) is 7.56. The van der Waals surface area contributed by atoms with Crippen molar-refractivity contribution in [3.8, 4) is 0 Å². The topological polar surface area (TPSA) is 49.6 Å². The molecule has 1 aromatic rings. The Kier molecular flexibility index (Phi) is 3.64. The van der Waals surface area contributed by atoms with Gasteiger partial charge in [-0.15, -0.1) is 0 Å². The fraction of sp³-hybridized carbons (Fsp3) is 0.462. The van der Waals surface area contributed by atoms with Crippen LogP contribution in [0.1, 0.15) is 6.92 Å². The zero-order valence-corrected chi connectivity index (χ0v) is 10.2. The van der Waals surface area contributed by atoms with Crippen molar-refractivity contribution in [1.29, 1.82) is 0 Å². The number of anilines is 2. The third-order valence-electron chi connectivity index (χ3n) is 3.31. The summed E-state index contributed by atoms with van der Waals surface area (Å²) in [4.78, 5) is 15.6. The number of hydrogen-bond acceptors (Lipinski definition) is 4. The molecule has 2 rings (SSSR count). The molecule has 0 aromatic heterocycles. The van der Waals surface area contributed by atoms with Crippen molar-refractivity contribution in [2.75, 3.05) is 36.8 Å². The third-order valence-corrected chi connectivity index (χ3v) is 3.31. The largest absolute Gasteiger partial charge is 0.399 e. The summed E-state index contributed by atoms with van der Waals surface area (Å²) in [5, 5.41) is 0. The van der Waals surface area contributed by atoms with E-state index in [4.69, 9.17) is 5.73 Å². The molecule has 1 heterocycles. The van der Waals surface area contributed by atoms with Gasteiger partial charge in [0, 0.05) is 31.0 Å². The lowest BCUT2D eigenvalue weighted by Gasteiger charge is -2.40. The second-order valence-corrected chi connectivity index (χ2v) is 4.39. The van der Waals surface area contributed by atoms with Crippen LogP contribution in [0.15, 0.2) is 24.3 Å². The van der Waals surface area contributed by atoms with E-state index < -0.39 is 0 Å². The predicted molar refractivity (Wildman–Crippen MR) is 70.2 cm³/mol. The number of nitrogens with two attached hydrogens (primary N) is 1. The highest BCUT2D eigenvalue weighted by Gasteiger charge is 2.25. The summed E-state index contributed by atoms with van der Waals surface area (Å²) in [5.74, 6) is 0. The van der Waals surface area contributed by atoms with Crippen LogP contribution in [0.4, 0.5) is 11.4 Å². The highest BCUT2D eigenvalue weighted by atomic mass is 16.1. The second kappa shape index (κ2) is 5.19. The number of aldehydes is 1. The molecule has 0 aliphatic carbocycles. The fourth-order valence-electron chi connectivity index (χ4n) is 2.30. The van der Waals surface area contributed by atoms with Crippen molar-refractivity contribution >= 4 is 17.7 Å². The molecular weight excluding hydrogens is 214 g/mol. The van der Waals surface area contributed by atoms with Crippen LogP contribution in [-0.2, 0) is 4.79 Å². The Hall–Kier alpha value is -1.55. The summed E-state index contributed by atoms with van der Waals surface area (Å²) in [6.45, 7) is 5.79. The van der Waals surface area contributed by atoms with Crippen LogP contribution in [0.3, 0.4) is 0 Å². The molecule has 0 radical (unpaired) electrons. The van der Waals surface area contributed by atoms with Gasteiger partial charge in [0.2, 0.25) is 0 Å². The van der Waals surface area contributed by atoms with Crippen LogP contribution in [0, 0.1) is 0 Å². The molecular formula is C13H19N3O. The normalized spacial score (nSPS) is 21.5. The Morgan fingerprint density at radius 2 is 2.29 bits per heavy atom. The molecule has 0 bridgehead atoms. The molecule has 4 nitrogen and oxygen atoms in total. The van der Waals surface area contributed by atoms with E-state index in [0.717, 1.165) is 43.8 Å². The highest BCUT2D eigenvalue weighted by Crippen LogP contribution is 2.21. The molecule has 1 saturated heterocycles. The number of carbonyl (C=O) groups excluding carboxylic acids is 1. The maximum atomic E-state index is 11.2. The first-order valence-corrected chi connectivity index (χ1v) is 6.04. The minimum Gasteiger partial charge on any atom is -0.399 e. The molecule has 0 amide bonds. The lowest BCUT2D eigenvalue weighted by Crippen LogP contribution is -2.53. The smallest absolute Gasteiger partial charge is 0.143 e. The van der Waals surface area contributed by atoms with Crippen LogP contribution in [0.5, 0.6) is 0 Å². The summed E-state index contributed by atoms with van der Waals surface area (Å²) in [7, 11) is 0. The van der Waals surface area contributed by atoms with Gasteiger partial charge in [-0.3, -0.25) is 4.90 Å². The van der Waals surface area contributed by atoms with E-state index in [1.807, 2.05) is 24.3 Å². The first kappa shape index (κ1) is 11.9. The van der Waals surface area contributed by atoms with Gasteiger partial charge < -0.3 is 15.4 Å². The second-order valence-electron chi connectivity index (χ2n) is 4.39. The molecule has 1 fully saturated rings. The Bertz CT molecular complexity index is 394. The SMILES string of the molecule is CCN1CCN(c2cccc(N)c2)C(C=O)C1. The summed E-state index contributed by atoms with van der Waals surface area (Å²) in [6, 6.07) is 7.66. The summed E-state index contributed by atoms with van der Waals surface area (Å²) in [6.07, 6.45) is 1.03. The zero-order valence-electron chi connectivity index (χ0n) is 10.2. The Balaban J connectivity index is 2.17. The maximum absolute atomic E-state index is 11.2. The number of nitrogen functional groups attached to an aromatic ring is 1. The van der Waals surface area contributed by atoms with Crippen LogP contribution in [-0.4, -0.2) is 43.4 Å². The van der Waals surface area contributed by atoms with Gasteiger partial charge in [-0.2, -0.15) is 0 Å². The molecule has 2 N–H and O–H groups in total. The number of rotatable bonds is 3. The van der Waals surface area contributed by atoms with Gasteiger partial charge in [-0.1, -0.05) is 13.0 Å². The standard InChI is InChI=1S/C13H19N3O/c1-2-15-6-7-16(13(9-15)10-17)12-5-3-4-11(14)8-12/h3-5,8,10,13H,2,6-7,9,14H2,1H3. The average molecular weight is 233 g/mol. The number of piperazine rings is 1. The molecule has 4 heteroatoms. The Morgan fingerprint density at radius 3 is 2.94 bits per heavy atom. The van der Waals surface area contributed by atoms with Gasteiger partial charge in [0.15, 0.2) is 0 Å². The Morgan fingerprint density at radius 1 is 1.47 bits per heavy atom. The molecule has 1 aliphatic heterocycles. The van der Waals surface area contributed by atoms with Crippen LogP contribution >= 0.6 is 0 Å². The minimum atomic E-state index is -0.0644. The number of likely N-dealkylation sites (N-methyl/N-ethyl adjacent to an activating group) is 1. The number of nitrogens with zero attached hydrogens (tertiary/aromatic N) is 2. The van der Waals surface area contributed by atoms with Crippen LogP contribution in [0.25, 0.3) is 0 Å². The average Bonchev–Trinajstić information content (AvgIpc) is 2.38. The van der Waals surface area contributed by atoms with E-state index in [-0.39, 0.29) is 6.04 Å². The highest BCUT2D eigenvalue weighted by molar-refractivity contribution is 5.68. The van der Waals surface area contributed by atoms with E-state index in [0.29, 0.717) is 0 Å². The zero-order chi connectivity index (χ0) is 12.3. The lowest BCUT2D eigenvalue weighted by atomic mass is 10.1. The van der Waals surface area contributed by atoms with Crippen molar-refractivity contribution in [1.82, 2.24) is 4.90 Å². The molecule has 1 aromatic carbocycles. The first-order chi connectivity index (χ1) is 8.24. The maximum Gasteiger partial charge on any atom is 0.143 e. The monoisotopic (exact) mass is 233 g/mol. The number of carbonyl (C=O) groups is 1. The molecule has 17 heavy (non-hydrogen) atoms. The van der Waals surface area contributed by atoms with E-state index in [1.165, 1.54) is 0 Å². The molecule has 92 valence electrons. The van der Waals surface area contributed by atoms with Gasteiger partial charge in [-0.05, 0) is 24.7 Å². The lowest BCUT2D eigenvalue weighted by molar-refractivity contribution is -0.109. The van der Waals surface area contributed by atoms with Crippen molar-refractivity contribution < 1.29 is 4.79 Å². The predicted octanol–water partition coefficient (Wildman–Crippen LogP) is 0.978. The van der Waals surface area contributed by atoms with Gasteiger partial charge in [-0.25, -0.2) is 0 Å². The summed E-state index contributed by atoms with van der Waals surface area (Å²) >= 11 is 0. The fourth-order valence-corrected chi connectivity index (χ4v) is 2.30. The van der Waals surface area contributed by atoms with Crippen molar-refractivity contribution in [3.05, 3.63) is 24.3 Å². The van der Waals surface area contributed by atoms with Crippen molar-refractivity contribution in [2.45, 2.75) is 13.0 Å². The Labute approximate surface area is 102 Å². The summed E-state index contributed by atoms with van der Waals surface area (Å²) < 4.78 is 0. The number of hydrogen-bond donors (Lipinski definition) is 1. The van der Waals surface area contributed by atoms with E-state index >= 15 is 0 Å².